The minimum Gasteiger partial charge on any atom is -0.386 e. The van der Waals surface area contributed by atoms with E-state index in [2.05, 4.69) is 10.6 Å². The Morgan fingerprint density at radius 3 is 2.12 bits per heavy atom. The van der Waals surface area contributed by atoms with Crippen LogP contribution >= 0.6 is 0 Å². The van der Waals surface area contributed by atoms with Crippen molar-refractivity contribution in [2.75, 3.05) is 11.9 Å². The Hall–Kier alpha value is -2.87. The zero-order chi connectivity index (χ0) is 17.7. The minimum absolute atomic E-state index is 0.192. The normalized spacial score (nSPS) is 11.7. The molecule has 0 aliphatic heterocycles. The molecule has 3 N–H and O–H groups in total. The van der Waals surface area contributed by atoms with E-state index in [1.54, 1.807) is 0 Å². The molecule has 0 fully saturated rings. The number of nitrogens with one attached hydrogen (secondary N) is 2. The van der Waals surface area contributed by atoms with E-state index in [0.717, 1.165) is 30.3 Å². The largest absolute Gasteiger partial charge is 0.386 e. The molecule has 5 nitrogen and oxygen atoms in total. The SMILES string of the molecule is O=C(NC[C@@H](O)c1c(F)cccc1F)C(=O)Nc1ccc(F)cc1. The number of aliphatic hydroxyl groups is 1. The van der Waals surface area contributed by atoms with Gasteiger partial charge in [0.15, 0.2) is 0 Å². The van der Waals surface area contributed by atoms with E-state index < -0.39 is 47.5 Å². The zero-order valence-electron chi connectivity index (χ0n) is 12.2. The zero-order valence-corrected chi connectivity index (χ0v) is 12.2. The number of carbonyl (C=O) groups is 2. The summed E-state index contributed by atoms with van der Waals surface area (Å²) >= 11 is 0. The fourth-order valence-electron chi connectivity index (χ4n) is 1.92. The van der Waals surface area contributed by atoms with Crippen molar-refractivity contribution in [1.82, 2.24) is 5.32 Å². The maximum Gasteiger partial charge on any atom is 0.313 e. The lowest BCUT2D eigenvalue weighted by molar-refractivity contribution is -0.136. The fourth-order valence-corrected chi connectivity index (χ4v) is 1.92. The molecule has 8 heteroatoms. The molecule has 2 rings (SSSR count). The molecule has 1 atom stereocenters. The summed E-state index contributed by atoms with van der Waals surface area (Å²) in [7, 11) is 0. The van der Waals surface area contributed by atoms with Crippen LogP contribution in [-0.4, -0.2) is 23.5 Å². The molecular formula is C16H13F3N2O3. The van der Waals surface area contributed by atoms with Crippen LogP contribution in [0.3, 0.4) is 0 Å². The highest BCUT2D eigenvalue weighted by atomic mass is 19.1. The van der Waals surface area contributed by atoms with Crippen molar-refractivity contribution >= 4 is 17.5 Å². The summed E-state index contributed by atoms with van der Waals surface area (Å²) in [6.45, 7) is -0.562. The lowest BCUT2D eigenvalue weighted by Crippen LogP contribution is -2.37. The fraction of sp³-hybridized carbons (Fsp3) is 0.125. The van der Waals surface area contributed by atoms with Gasteiger partial charge in [0.25, 0.3) is 0 Å². The molecule has 2 aromatic carbocycles. The van der Waals surface area contributed by atoms with Gasteiger partial charge in [-0.15, -0.1) is 0 Å². The van der Waals surface area contributed by atoms with Gasteiger partial charge in [-0.3, -0.25) is 9.59 Å². The average Bonchev–Trinajstić information content (AvgIpc) is 2.54. The molecule has 2 amide bonds. The van der Waals surface area contributed by atoms with Gasteiger partial charge in [0, 0.05) is 12.2 Å². The Bertz CT molecular complexity index is 730. The van der Waals surface area contributed by atoms with E-state index in [1.807, 2.05) is 0 Å². The van der Waals surface area contributed by atoms with Gasteiger partial charge in [-0.05, 0) is 36.4 Å². The number of benzene rings is 2. The Morgan fingerprint density at radius 2 is 1.54 bits per heavy atom. The van der Waals surface area contributed by atoms with Gasteiger partial charge >= 0.3 is 11.8 Å². The highest BCUT2D eigenvalue weighted by Crippen LogP contribution is 2.19. The third-order valence-corrected chi connectivity index (χ3v) is 3.10. The molecule has 0 aromatic heterocycles. The molecule has 126 valence electrons. The molecule has 0 aliphatic rings. The first kappa shape index (κ1) is 17.5. The van der Waals surface area contributed by atoms with Crippen molar-refractivity contribution in [3.8, 4) is 0 Å². The van der Waals surface area contributed by atoms with Crippen LogP contribution < -0.4 is 10.6 Å². The van der Waals surface area contributed by atoms with Crippen LogP contribution in [0, 0.1) is 17.5 Å². The minimum atomic E-state index is -1.66. The number of hydrogen-bond donors (Lipinski definition) is 3. The Morgan fingerprint density at radius 1 is 0.958 bits per heavy atom. The standard InChI is InChI=1S/C16H13F3N2O3/c17-9-4-6-10(7-5-9)21-16(24)15(23)20-8-13(22)14-11(18)2-1-3-12(14)19/h1-7,13,22H,8H2,(H,20,23)(H,21,24)/t13-/m1/s1. The summed E-state index contributed by atoms with van der Waals surface area (Å²) in [5.74, 6) is -4.62. The molecule has 2 aromatic rings. The second-order valence-corrected chi connectivity index (χ2v) is 4.82. The first-order valence-corrected chi connectivity index (χ1v) is 6.85. The third kappa shape index (κ3) is 4.32. The topological polar surface area (TPSA) is 78.4 Å². The Kier molecular flexibility index (Phi) is 5.54. The number of hydrogen-bond acceptors (Lipinski definition) is 3. The summed E-state index contributed by atoms with van der Waals surface area (Å²) in [6, 6.07) is 7.76. The van der Waals surface area contributed by atoms with Crippen molar-refractivity contribution in [3.63, 3.8) is 0 Å². The monoisotopic (exact) mass is 338 g/mol. The molecule has 0 aliphatic carbocycles. The molecule has 0 heterocycles. The Labute approximate surface area is 135 Å². The van der Waals surface area contributed by atoms with E-state index in [1.165, 1.54) is 12.1 Å². The molecule has 0 radical (unpaired) electrons. The van der Waals surface area contributed by atoms with Gasteiger partial charge in [0.2, 0.25) is 0 Å². The predicted octanol–water partition coefficient (Wildman–Crippen LogP) is 1.89. The lowest BCUT2D eigenvalue weighted by atomic mass is 10.1. The quantitative estimate of drug-likeness (QED) is 0.745. The van der Waals surface area contributed by atoms with E-state index in [9.17, 15) is 27.9 Å². The summed E-state index contributed by atoms with van der Waals surface area (Å²) in [5.41, 5.74) is -0.408. The lowest BCUT2D eigenvalue weighted by Gasteiger charge is -2.13. The maximum atomic E-state index is 13.5. The molecule has 24 heavy (non-hydrogen) atoms. The van der Waals surface area contributed by atoms with Gasteiger partial charge < -0.3 is 15.7 Å². The number of halogens is 3. The summed E-state index contributed by atoms with van der Waals surface area (Å²) in [5, 5.41) is 14.0. The second kappa shape index (κ2) is 7.60. The van der Waals surface area contributed by atoms with Crippen LogP contribution in [0.2, 0.25) is 0 Å². The van der Waals surface area contributed by atoms with Crippen LogP contribution in [0.4, 0.5) is 18.9 Å². The van der Waals surface area contributed by atoms with Gasteiger partial charge in [-0.25, -0.2) is 13.2 Å². The number of carbonyl (C=O) groups excluding carboxylic acids is 2. The van der Waals surface area contributed by atoms with Crippen LogP contribution in [0.15, 0.2) is 42.5 Å². The van der Waals surface area contributed by atoms with Crippen molar-refractivity contribution in [1.29, 1.82) is 0 Å². The number of rotatable bonds is 4. The molecule has 0 unspecified atom stereocenters. The van der Waals surface area contributed by atoms with E-state index >= 15 is 0 Å². The van der Waals surface area contributed by atoms with E-state index in [0.29, 0.717) is 0 Å². The van der Waals surface area contributed by atoms with Crippen LogP contribution in [-0.2, 0) is 9.59 Å². The van der Waals surface area contributed by atoms with Crippen molar-refractivity contribution in [3.05, 3.63) is 65.5 Å². The van der Waals surface area contributed by atoms with Crippen molar-refractivity contribution < 1.29 is 27.9 Å². The molecular weight excluding hydrogens is 325 g/mol. The number of amides is 2. The van der Waals surface area contributed by atoms with Crippen molar-refractivity contribution in [2.45, 2.75) is 6.10 Å². The summed E-state index contributed by atoms with van der Waals surface area (Å²) in [6.07, 6.45) is -1.66. The Balaban J connectivity index is 1.92. The number of aliphatic hydroxyl groups excluding tert-OH is 1. The first-order chi connectivity index (χ1) is 11.4. The van der Waals surface area contributed by atoms with Gasteiger partial charge in [-0.2, -0.15) is 0 Å². The summed E-state index contributed by atoms with van der Waals surface area (Å²) < 4.78 is 39.7. The predicted molar refractivity (Wildman–Crippen MR) is 79.4 cm³/mol. The van der Waals surface area contributed by atoms with E-state index in [4.69, 9.17) is 0 Å². The smallest absolute Gasteiger partial charge is 0.313 e. The van der Waals surface area contributed by atoms with Gasteiger partial charge in [0.1, 0.15) is 23.6 Å². The first-order valence-electron chi connectivity index (χ1n) is 6.85. The second-order valence-electron chi connectivity index (χ2n) is 4.82. The van der Waals surface area contributed by atoms with Crippen LogP contribution in [0.1, 0.15) is 11.7 Å². The van der Waals surface area contributed by atoms with E-state index in [-0.39, 0.29) is 5.69 Å². The van der Waals surface area contributed by atoms with Crippen molar-refractivity contribution in [2.24, 2.45) is 0 Å². The average molecular weight is 338 g/mol. The summed E-state index contributed by atoms with van der Waals surface area (Å²) in [4.78, 5) is 23.3. The molecule has 0 spiro atoms. The number of anilines is 1. The van der Waals surface area contributed by atoms with Gasteiger partial charge in [0.05, 0.1) is 5.56 Å². The molecule has 0 bridgehead atoms. The highest BCUT2D eigenvalue weighted by Gasteiger charge is 2.20. The molecule has 0 saturated heterocycles. The third-order valence-electron chi connectivity index (χ3n) is 3.10. The van der Waals surface area contributed by atoms with Crippen LogP contribution in [0.5, 0.6) is 0 Å². The maximum absolute atomic E-state index is 13.5. The van der Waals surface area contributed by atoms with Gasteiger partial charge in [-0.1, -0.05) is 6.07 Å². The highest BCUT2D eigenvalue weighted by molar-refractivity contribution is 6.39. The van der Waals surface area contributed by atoms with Crippen LogP contribution in [0.25, 0.3) is 0 Å². The molecule has 0 saturated carbocycles.